The van der Waals surface area contributed by atoms with Crippen molar-refractivity contribution in [2.75, 3.05) is 13.7 Å². The van der Waals surface area contributed by atoms with Crippen molar-refractivity contribution in [3.8, 4) is 0 Å². The van der Waals surface area contributed by atoms with Crippen LogP contribution in [0, 0.1) is 5.92 Å². The highest BCUT2D eigenvalue weighted by atomic mass is 32.1. The van der Waals surface area contributed by atoms with Crippen LogP contribution < -0.4 is 5.73 Å². The minimum atomic E-state index is -0.227. The second kappa shape index (κ2) is 5.24. The fourth-order valence-corrected chi connectivity index (χ4v) is 1.94. The van der Waals surface area contributed by atoms with Gasteiger partial charge in [-0.05, 0) is 11.4 Å². The van der Waals surface area contributed by atoms with Gasteiger partial charge in [0.1, 0.15) is 0 Å². The molecule has 0 fully saturated rings. The van der Waals surface area contributed by atoms with Crippen LogP contribution >= 0.6 is 11.3 Å². The molecule has 0 spiro atoms. The van der Waals surface area contributed by atoms with Gasteiger partial charge in [0.15, 0.2) is 5.78 Å². The lowest BCUT2D eigenvalue weighted by Crippen LogP contribution is -2.37. The van der Waals surface area contributed by atoms with E-state index in [2.05, 4.69) is 0 Å². The summed E-state index contributed by atoms with van der Waals surface area (Å²) in [5.41, 5.74) is 5.79. The third-order valence-corrected chi connectivity index (χ3v) is 3.06. The molecule has 0 aliphatic heterocycles. The Balaban J connectivity index is 2.61. The quantitative estimate of drug-likeness (QED) is 0.755. The Bertz CT molecular complexity index is 284. The van der Waals surface area contributed by atoms with Crippen molar-refractivity contribution in [2.24, 2.45) is 11.7 Å². The van der Waals surface area contributed by atoms with Crippen molar-refractivity contribution in [1.29, 1.82) is 0 Å². The van der Waals surface area contributed by atoms with E-state index in [0.717, 1.165) is 4.88 Å². The Morgan fingerprint density at radius 2 is 2.43 bits per heavy atom. The van der Waals surface area contributed by atoms with E-state index in [-0.39, 0.29) is 17.7 Å². The SMILES string of the molecule is COCC(N)C(C)C(=O)c1cccs1. The highest BCUT2D eigenvalue weighted by Gasteiger charge is 2.22. The van der Waals surface area contributed by atoms with Crippen LogP contribution in [0.5, 0.6) is 0 Å². The molecule has 1 heterocycles. The van der Waals surface area contributed by atoms with Gasteiger partial charge in [-0.25, -0.2) is 0 Å². The molecule has 0 amide bonds. The Hall–Kier alpha value is -0.710. The van der Waals surface area contributed by atoms with Crippen LogP contribution in [0.25, 0.3) is 0 Å². The summed E-state index contributed by atoms with van der Waals surface area (Å²) in [6.45, 7) is 2.25. The summed E-state index contributed by atoms with van der Waals surface area (Å²) in [4.78, 5) is 12.6. The van der Waals surface area contributed by atoms with Crippen molar-refractivity contribution in [2.45, 2.75) is 13.0 Å². The molecule has 0 aliphatic rings. The number of hydrogen-bond acceptors (Lipinski definition) is 4. The van der Waals surface area contributed by atoms with Gasteiger partial charge in [-0.2, -0.15) is 0 Å². The monoisotopic (exact) mass is 213 g/mol. The number of ketones is 1. The van der Waals surface area contributed by atoms with Crippen LogP contribution in [-0.2, 0) is 4.74 Å². The van der Waals surface area contributed by atoms with E-state index in [1.807, 2.05) is 24.4 Å². The molecule has 2 N–H and O–H groups in total. The number of carbonyl (C=O) groups excluding carboxylic acids is 1. The van der Waals surface area contributed by atoms with Gasteiger partial charge in [0.05, 0.1) is 11.5 Å². The molecule has 1 aromatic rings. The first-order chi connectivity index (χ1) is 6.66. The van der Waals surface area contributed by atoms with Crippen LogP contribution in [0.15, 0.2) is 17.5 Å². The van der Waals surface area contributed by atoms with E-state index in [1.54, 1.807) is 7.11 Å². The lowest BCUT2D eigenvalue weighted by molar-refractivity contribution is 0.0870. The first-order valence-electron chi connectivity index (χ1n) is 4.49. The second-order valence-corrected chi connectivity index (χ2v) is 4.20. The van der Waals surface area contributed by atoms with Crippen LogP contribution in [-0.4, -0.2) is 25.5 Å². The maximum Gasteiger partial charge on any atom is 0.177 e. The van der Waals surface area contributed by atoms with Crippen LogP contribution in [0.2, 0.25) is 0 Å². The molecule has 2 unspecified atom stereocenters. The minimum Gasteiger partial charge on any atom is -0.383 e. The molecule has 0 bridgehead atoms. The Morgan fingerprint density at radius 1 is 1.71 bits per heavy atom. The lowest BCUT2D eigenvalue weighted by atomic mass is 9.97. The number of hydrogen-bond donors (Lipinski definition) is 1. The predicted octanol–water partition coefficient (Wildman–Crippen LogP) is 1.54. The molecule has 2 atom stereocenters. The summed E-state index contributed by atoms with van der Waals surface area (Å²) >= 11 is 1.45. The van der Waals surface area contributed by atoms with Gasteiger partial charge in [0.25, 0.3) is 0 Å². The van der Waals surface area contributed by atoms with E-state index in [1.165, 1.54) is 11.3 Å². The van der Waals surface area contributed by atoms with Crippen molar-refractivity contribution >= 4 is 17.1 Å². The van der Waals surface area contributed by atoms with Gasteiger partial charge >= 0.3 is 0 Å². The Labute approximate surface area is 87.9 Å². The molecule has 0 saturated heterocycles. The van der Waals surface area contributed by atoms with E-state index in [0.29, 0.717) is 6.61 Å². The smallest absolute Gasteiger partial charge is 0.177 e. The molecule has 0 aromatic carbocycles. The third kappa shape index (κ3) is 2.64. The largest absolute Gasteiger partial charge is 0.383 e. The number of Topliss-reactive ketones (excluding diaryl/α,β-unsaturated/α-hetero) is 1. The summed E-state index contributed by atoms with van der Waals surface area (Å²) in [6, 6.07) is 3.46. The summed E-state index contributed by atoms with van der Waals surface area (Å²) in [5, 5.41) is 1.89. The predicted molar refractivity (Wildman–Crippen MR) is 57.7 cm³/mol. The molecule has 4 heteroatoms. The Kier molecular flexibility index (Phi) is 4.25. The fourth-order valence-electron chi connectivity index (χ4n) is 1.17. The maximum atomic E-state index is 11.8. The van der Waals surface area contributed by atoms with Gasteiger partial charge in [0.2, 0.25) is 0 Å². The summed E-state index contributed by atoms with van der Waals surface area (Å²) in [5.74, 6) is -0.0850. The van der Waals surface area contributed by atoms with Crippen LogP contribution in [0.1, 0.15) is 16.6 Å². The molecule has 0 saturated carbocycles. The normalized spacial score (nSPS) is 15.1. The minimum absolute atomic E-state index is 0.101. The molecular weight excluding hydrogens is 198 g/mol. The van der Waals surface area contributed by atoms with Crippen LogP contribution in [0.3, 0.4) is 0 Å². The van der Waals surface area contributed by atoms with Crippen LogP contribution in [0.4, 0.5) is 0 Å². The number of carbonyl (C=O) groups is 1. The second-order valence-electron chi connectivity index (χ2n) is 3.25. The van der Waals surface area contributed by atoms with Crippen molar-refractivity contribution in [1.82, 2.24) is 0 Å². The summed E-state index contributed by atoms with van der Waals surface area (Å²) < 4.78 is 4.92. The topological polar surface area (TPSA) is 52.3 Å². The highest BCUT2D eigenvalue weighted by molar-refractivity contribution is 7.12. The number of rotatable bonds is 5. The third-order valence-electron chi connectivity index (χ3n) is 2.18. The zero-order valence-corrected chi connectivity index (χ0v) is 9.21. The maximum absolute atomic E-state index is 11.8. The standard InChI is InChI=1S/C10H15NO2S/c1-7(8(11)6-13-2)10(12)9-4-3-5-14-9/h3-5,7-8H,6,11H2,1-2H3. The molecule has 1 aromatic heterocycles. The molecular formula is C10H15NO2S. The van der Waals surface area contributed by atoms with Crippen molar-refractivity contribution in [3.05, 3.63) is 22.4 Å². The van der Waals surface area contributed by atoms with E-state index < -0.39 is 0 Å². The molecule has 0 aliphatic carbocycles. The highest BCUT2D eigenvalue weighted by Crippen LogP contribution is 2.16. The van der Waals surface area contributed by atoms with E-state index in [4.69, 9.17) is 10.5 Å². The van der Waals surface area contributed by atoms with Gasteiger partial charge < -0.3 is 10.5 Å². The van der Waals surface area contributed by atoms with Crippen molar-refractivity contribution in [3.63, 3.8) is 0 Å². The first-order valence-corrected chi connectivity index (χ1v) is 5.37. The summed E-state index contributed by atoms with van der Waals surface area (Å²) in [7, 11) is 1.59. The van der Waals surface area contributed by atoms with Crippen molar-refractivity contribution < 1.29 is 9.53 Å². The number of nitrogens with two attached hydrogens (primary N) is 1. The number of methoxy groups -OCH3 is 1. The molecule has 1 rings (SSSR count). The molecule has 0 radical (unpaired) electrons. The lowest BCUT2D eigenvalue weighted by Gasteiger charge is -2.16. The summed E-state index contributed by atoms with van der Waals surface area (Å²) in [6.07, 6.45) is 0. The molecule has 78 valence electrons. The number of thiophene rings is 1. The van der Waals surface area contributed by atoms with E-state index in [9.17, 15) is 4.79 Å². The van der Waals surface area contributed by atoms with Gasteiger partial charge in [-0.15, -0.1) is 11.3 Å². The number of ether oxygens (including phenoxy) is 1. The average molecular weight is 213 g/mol. The average Bonchev–Trinajstić information content (AvgIpc) is 2.68. The zero-order chi connectivity index (χ0) is 10.6. The first kappa shape index (κ1) is 11.4. The van der Waals surface area contributed by atoms with Gasteiger partial charge in [-0.1, -0.05) is 13.0 Å². The Morgan fingerprint density at radius 3 is 2.93 bits per heavy atom. The van der Waals surface area contributed by atoms with Gasteiger partial charge in [-0.3, -0.25) is 4.79 Å². The zero-order valence-electron chi connectivity index (χ0n) is 8.40. The van der Waals surface area contributed by atoms with E-state index >= 15 is 0 Å². The fraction of sp³-hybridized carbons (Fsp3) is 0.500. The molecule has 3 nitrogen and oxygen atoms in total. The molecule has 14 heavy (non-hydrogen) atoms. The van der Waals surface area contributed by atoms with Gasteiger partial charge in [0, 0.05) is 19.1 Å².